The van der Waals surface area contributed by atoms with Crippen LogP contribution in [0.15, 0.2) is 47.6 Å². The molecule has 0 atom stereocenters. The van der Waals surface area contributed by atoms with Gasteiger partial charge in [0.15, 0.2) is 0 Å². The summed E-state index contributed by atoms with van der Waals surface area (Å²) in [7, 11) is 0. The van der Waals surface area contributed by atoms with Crippen molar-refractivity contribution < 1.29 is 19.1 Å². The number of hydrogen-bond acceptors (Lipinski definition) is 5. The fourth-order valence-corrected chi connectivity index (χ4v) is 2.39. The van der Waals surface area contributed by atoms with Crippen molar-refractivity contribution in [3.05, 3.63) is 63.6 Å². The van der Waals surface area contributed by atoms with Crippen LogP contribution in [0.3, 0.4) is 0 Å². The first kappa shape index (κ1) is 20.7. The van der Waals surface area contributed by atoms with E-state index in [4.69, 9.17) is 32.7 Å². The van der Waals surface area contributed by atoms with Gasteiger partial charge in [0.25, 0.3) is 0 Å². The lowest BCUT2D eigenvalue weighted by Gasteiger charge is -2.18. The maximum Gasteiger partial charge on any atom is 0.428 e. The third kappa shape index (κ3) is 6.92. The summed E-state index contributed by atoms with van der Waals surface area (Å²) in [5.41, 5.74) is 2.57. The minimum Gasteiger partial charge on any atom is -0.443 e. The largest absolute Gasteiger partial charge is 0.443 e. The molecule has 2 aromatic carbocycles. The van der Waals surface area contributed by atoms with Crippen LogP contribution in [0.2, 0.25) is 10.0 Å². The van der Waals surface area contributed by atoms with E-state index in [9.17, 15) is 9.59 Å². The molecule has 0 radical (unpaired) electrons. The lowest BCUT2D eigenvalue weighted by Crippen LogP contribution is -2.29. The van der Waals surface area contributed by atoms with Crippen molar-refractivity contribution >= 4 is 41.5 Å². The molecular weight excluding hydrogens is 391 g/mol. The van der Waals surface area contributed by atoms with Gasteiger partial charge in [0.1, 0.15) is 11.4 Å². The molecule has 0 unspecified atom stereocenters. The molecule has 2 rings (SSSR count). The summed E-state index contributed by atoms with van der Waals surface area (Å²) in [5.74, 6) is -0.257. The van der Waals surface area contributed by atoms with Crippen LogP contribution in [0.5, 0.6) is 5.75 Å². The minimum absolute atomic E-state index is 0.212. The Hall–Kier alpha value is -2.57. The number of ether oxygens (including phenoxy) is 2. The zero-order chi connectivity index (χ0) is 20.0. The summed E-state index contributed by atoms with van der Waals surface area (Å²) in [6.45, 7) is 5.27. The molecule has 0 bridgehead atoms. The standard InChI is InChI=1S/C19H18Cl2N2O4/c1-19(2,3)27-18(25)23-22-11-12-4-7-14(8-5-12)26-17(24)15-9-6-13(20)10-16(15)21/h4-11H,1-3H3,(H,23,25). The molecule has 0 aromatic heterocycles. The Morgan fingerprint density at radius 3 is 2.33 bits per heavy atom. The number of halogens is 2. The average molecular weight is 409 g/mol. The van der Waals surface area contributed by atoms with Gasteiger partial charge in [-0.05, 0) is 68.8 Å². The Morgan fingerprint density at radius 2 is 1.74 bits per heavy atom. The second-order valence-electron chi connectivity index (χ2n) is 6.45. The van der Waals surface area contributed by atoms with Gasteiger partial charge in [0, 0.05) is 5.02 Å². The lowest BCUT2D eigenvalue weighted by atomic mass is 10.2. The smallest absolute Gasteiger partial charge is 0.428 e. The van der Waals surface area contributed by atoms with Gasteiger partial charge in [0.2, 0.25) is 0 Å². The molecule has 2 aromatic rings. The number of benzene rings is 2. The molecule has 8 heteroatoms. The normalized spacial score (nSPS) is 11.3. The van der Waals surface area contributed by atoms with E-state index >= 15 is 0 Å². The van der Waals surface area contributed by atoms with Gasteiger partial charge >= 0.3 is 12.1 Å². The Kier molecular flexibility index (Phi) is 6.82. The van der Waals surface area contributed by atoms with Gasteiger partial charge < -0.3 is 9.47 Å². The molecule has 142 valence electrons. The average Bonchev–Trinajstić information content (AvgIpc) is 2.54. The molecule has 0 heterocycles. The summed E-state index contributed by atoms with van der Waals surface area (Å²) in [5, 5.41) is 4.44. The predicted octanol–water partition coefficient (Wildman–Crippen LogP) is 5.07. The quantitative estimate of drug-likeness (QED) is 0.331. The topological polar surface area (TPSA) is 77.0 Å². The van der Waals surface area contributed by atoms with Crippen molar-refractivity contribution in [1.29, 1.82) is 0 Å². The van der Waals surface area contributed by atoms with Crippen molar-refractivity contribution in [2.45, 2.75) is 26.4 Å². The molecule has 0 aliphatic heterocycles. The maximum atomic E-state index is 12.2. The number of nitrogens with zero attached hydrogens (tertiary/aromatic N) is 1. The number of rotatable bonds is 4. The Morgan fingerprint density at radius 1 is 1.07 bits per heavy atom. The van der Waals surface area contributed by atoms with Gasteiger partial charge in [0.05, 0.1) is 16.8 Å². The molecule has 0 saturated heterocycles. The van der Waals surface area contributed by atoms with E-state index in [0.29, 0.717) is 16.3 Å². The molecule has 6 nitrogen and oxygen atoms in total. The molecule has 27 heavy (non-hydrogen) atoms. The van der Waals surface area contributed by atoms with Gasteiger partial charge in [-0.2, -0.15) is 5.10 Å². The van der Waals surface area contributed by atoms with Gasteiger partial charge in [-0.15, -0.1) is 0 Å². The van der Waals surface area contributed by atoms with Crippen molar-refractivity contribution in [3.8, 4) is 5.75 Å². The van der Waals surface area contributed by atoms with Crippen LogP contribution >= 0.6 is 23.2 Å². The van der Waals surface area contributed by atoms with Crippen LogP contribution in [0, 0.1) is 0 Å². The number of esters is 1. The molecule has 0 aliphatic rings. The van der Waals surface area contributed by atoms with Crippen LogP contribution < -0.4 is 10.2 Å². The Labute approximate surface area is 167 Å². The zero-order valence-corrected chi connectivity index (χ0v) is 16.5. The first-order chi connectivity index (χ1) is 12.6. The second-order valence-corrected chi connectivity index (χ2v) is 7.30. The fraction of sp³-hybridized carbons (Fsp3) is 0.211. The molecule has 1 amide bonds. The van der Waals surface area contributed by atoms with E-state index in [2.05, 4.69) is 10.5 Å². The highest BCUT2D eigenvalue weighted by molar-refractivity contribution is 6.36. The summed E-state index contributed by atoms with van der Waals surface area (Å²) >= 11 is 11.8. The minimum atomic E-state index is -0.649. The highest BCUT2D eigenvalue weighted by atomic mass is 35.5. The Bertz CT molecular complexity index is 859. The molecule has 0 aliphatic carbocycles. The summed E-state index contributed by atoms with van der Waals surface area (Å²) in [6, 6.07) is 11.1. The third-order valence-corrected chi connectivity index (χ3v) is 3.56. The van der Waals surface area contributed by atoms with E-state index in [-0.39, 0.29) is 10.6 Å². The second kappa shape index (κ2) is 8.88. The molecule has 0 saturated carbocycles. The zero-order valence-electron chi connectivity index (χ0n) is 15.0. The maximum absolute atomic E-state index is 12.2. The Balaban J connectivity index is 1.94. The fourth-order valence-electron chi connectivity index (χ4n) is 1.90. The van der Waals surface area contributed by atoms with Crippen LogP contribution in [-0.2, 0) is 4.74 Å². The number of carbonyl (C=O) groups excluding carboxylic acids is 2. The van der Waals surface area contributed by atoms with Gasteiger partial charge in [-0.25, -0.2) is 15.0 Å². The van der Waals surface area contributed by atoms with E-state index < -0.39 is 17.7 Å². The summed E-state index contributed by atoms with van der Waals surface area (Å²) < 4.78 is 10.3. The summed E-state index contributed by atoms with van der Waals surface area (Å²) in [6.07, 6.45) is 0.787. The van der Waals surface area contributed by atoms with Crippen LogP contribution in [0.25, 0.3) is 0 Å². The van der Waals surface area contributed by atoms with Gasteiger partial charge in [-0.3, -0.25) is 0 Å². The first-order valence-corrected chi connectivity index (χ1v) is 8.69. The number of amides is 1. The molecule has 0 spiro atoms. The van der Waals surface area contributed by atoms with E-state index in [1.807, 2.05) is 0 Å². The van der Waals surface area contributed by atoms with E-state index in [1.165, 1.54) is 18.3 Å². The number of nitrogens with one attached hydrogen (secondary N) is 1. The molecule has 1 N–H and O–H groups in total. The SMILES string of the molecule is CC(C)(C)OC(=O)NN=Cc1ccc(OC(=O)c2ccc(Cl)cc2Cl)cc1. The summed E-state index contributed by atoms with van der Waals surface area (Å²) in [4.78, 5) is 23.6. The van der Waals surface area contributed by atoms with E-state index in [1.54, 1.807) is 51.1 Å². The lowest BCUT2D eigenvalue weighted by molar-refractivity contribution is 0.0529. The van der Waals surface area contributed by atoms with Crippen molar-refractivity contribution in [2.75, 3.05) is 0 Å². The monoisotopic (exact) mass is 408 g/mol. The van der Waals surface area contributed by atoms with Gasteiger partial charge in [-0.1, -0.05) is 23.2 Å². The van der Waals surface area contributed by atoms with Crippen LogP contribution in [0.1, 0.15) is 36.7 Å². The van der Waals surface area contributed by atoms with Crippen LogP contribution in [-0.4, -0.2) is 23.9 Å². The molecule has 0 fully saturated rings. The van der Waals surface area contributed by atoms with Crippen molar-refractivity contribution in [1.82, 2.24) is 5.43 Å². The number of hydrazone groups is 1. The third-order valence-electron chi connectivity index (χ3n) is 3.01. The van der Waals surface area contributed by atoms with E-state index in [0.717, 1.165) is 0 Å². The number of hydrogen-bond donors (Lipinski definition) is 1. The molecular formula is C19H18Cl2N2O4. The predicted molar refractivity (Wildman–Crippen MR) is 105 cm³/mol. The van der Waals surface area contributed by atoms with Crippen LogP contribution in [0.4, 0.5) is 4.79 Å². The highest BCUT2D eigenvalue weighted by Gasteiger charge is 2.15. The van der Waals surface area contributed by atoms with Crippen molar-refractivity contribution in [2.24, 2.45) is 5.10 Å². The first-order valence-electron chi connectivity index (χ1n) is 7.93. The van der Waals surface area contributed by atoms with Crippen molar-refractivity contribution in [3.63, 3.8) is 0 Å². The number of carbonyl (C=O) groups is 2. The highest BCUT2D eigenvalue weighted by Crippen LogP contribution is 2.23.